The SMILES string of the molecule is C=[NH+]c1ccc2c(C)cc(=O)[nH]c2c1. The second-order valence-electron chi connectivity index (χ2n) is 3.25. The third kappa shape index (κ3) is 1.33. The lowest BCUT2D eigenvalue weighted by molar-refractivity contribution is -0.341. The number of aryl methyl sites for hydroxylation is 1. The Hall–Kier alpha value is -1.90. The van der Waals surface area contributed by atoms with Gasteiger partial charge in [-0.3, -0.25) is 4.79 Å². The molecule has 0 bridgehead atoms. The van der Waals surface area contributed by atoms with Crippen molar-refractivity contribution in [1.29, 1.82) is 0 Å². The highest BCUT2D eigenvalue weighted by Crippen LogP contribution is 2.15. The van der Waals surface area contributed by atoms with Crippen LogP contribution in [0.15, 0.2) is 29.1 Å². The monoisotopic (exact) mass is 187 g/mol. The molecule has 2 aromatic rings. The van der Waals surface area contributed by atoms with Crippen LogP contribution in [0, 0.1) is 6.92 Å². The van der Waals surface area contributed by atoms with Gasteiger partial charge in [0.15, 0.2) is 0 Å². The smallest absolute Gasteiger partial charge is 0.248 e. The summed E-state index contributed by atoms with van der Waals surface area (Å²) in [5.41, 5.74) is 2.64. The zero-order chi connectivity index (χ0) is 10.1. The fourth-order valence-electron chi connectivity index (χ4n) is 1.54. The van der Waals surface area contributed by atoms with Gasteiger partial charge in [0.1, 0.15) is 6.72 Å². The van der Waals surface area contributed by atoms with Gasteiger partial charge in [-0.15, -0.1) is 0 Å². The standard InChI is InChI=1S/C11H10N2O/c1-7-5-11(14)13-10-6-8(12-2)3-4-9(7)10/h3-6H,2H2,1H3,(H,13,14)/p+1. The molecule has 70 valence electrons. The molecular formula is C11H11N2O+. The lowest BCUT2D eigenvalue weighted by Gasteiger charge is -1.99. The van der Waals surface area contributed by atoms with Crippen molar-refractivity contribution >= 4 is 23.3 Å². The second-order valence-corrected chi connectivity index (χ2v) is 3.25. The van der Waals surface area contributed by atoms with Gasteiger partial charge in [0.25, 0.3) is 0 Å². The van der Waals surface area contributed by atoms with Crippen molar-refractivity contribution in [2.45, 2.75) is 6.92 Å². The van der Waals surface area contributed by atoms with E-state index in [0.29, 0.717) is 0 Å². The van der Waals surface area contributed by atoms with Crippen LogP contribution in [0.2, 0.25) is 0 Å². The maximum atomic E-state index is 11.2. The van der Waals surface area contributed by atoms with Crippen LogP contribution >= 0.6 is 0 Å². The van der Waals surface area contributed by atoms with Crippen molar-refractivity contribution in [1.82, 2.24) is 4.98 Å². The zero-order valence-electron chi connectivity index (χ0n) is 7.92. The molecule has 0 aliphatic rings. The predicted octanol–water partition coefficient (Wildman–Crippen LogP) is 0.249. The number of pyridine rings is 1. The molecule has 2 N–H and O–H groups in total. The minimum Gasteiger partial charge on any atom is -0.322 e. The van der Waals surface area contributed by atoms with Crippen LogP contribution < -0.4 is 10.6 Å². The Kier molecular flexibility index (Phi) is 1.93. The first-order valence-electron chi connectivity index (χ1n) is 4.37. The molecule has 1 aromatic heterocycles. The van der Waals surface area contributed by atoms with Crippen molar-refractivity contribution in [3.8, 4) is 0 Å². The number of H-pyrrole nitrogens is 1. The molecule has 0 saturated heterocycles. The molecule has 0 fully saturated rings. The highest BCUT2D eigenvalue weighted by atomic mass is 16.1. The summed E-state index contributed by atoms with van der Waals surface area (Å²) in [7, 11) is 0. The quantitative estimate of drug-likeness (QED) is 0.618. The van der Waals surface area contributed by atoms with Crippen molar-refractivity contribution in [3.63, 3.8) is 0 Å². The number of benzene rings is 1. The van der Waals surface area contributed by atoms with Crippen LogP contribution in [0.25, 0.3) is 10.9 Å². The molecule has 0 radical (unpaired) electrons. The fourth-order valence-corrected chi connectivity index (χ4v) is 1.54. The first-order chi connectivity index (χ1) is 6.70. The summed E-state index contributed by atoms with van der Waals surface area (Å²) < 4.78 is 0. The number of hydrogen-bond acceptors (Lipinski definition) is 1. The minimum atomic E-state index is -0.0730. The minimum absolute atomic E-state index is 0.0730. The highest BCUT2D eigenvalue weighted by Gasteiger charge is 2.01. The number of hydrogen-bond donors (Lipinski definition) is 2. The van der Waals surface area contributed by atoms with Crippen LogP contribution in [0.5, 0.6) is 0 Å². The Morgan fingerprint density at radius 2 is 2.14 bits per heavy atom. The predicted molar refractivity (Wildman–Crippen MR) is 57.0 cm³/mol. The Balaban J connectivity index is 2.88. The molecule has 0 amide bonds. The van der Waals surface area contributed by atoms with Gasteiger partial charge < -0.3 is 4.98 Å². The molecular weight excluding hydrogens is 176 g/mol. The van der Waals surface area contributed by atoms with E-state index in [1.807, 2.05) is 25.1 Å². The lowest BCUT2D eigenvalue weighted by Crippen LogP contribution is -2.57. The van der Waals surface area contributed by atoms with E-state index in [-0.39, 0.29) is 5.56 Å². The van der Waals surface area contributed by atoms with E-state index in [1.54, 1.807) is 6.07 Å². The van der Waals surface area contributed by atoms with Gasteiger partial charge in [0, 0.05) is 23.6 Å². The van der Waals surface area contributed by atoms with Crippen molar-refractivity contribution in [3.05, 3.63) is 40.2 Å². The van der Waals surface area contributed by atoms with Crippen LogP contribution in [-0.4, -0.2) is 11.7 Å². The molecule has 0 aliphatic heterocycles. The van der Waals surface area contributed by atoms with E-state index < -0.39 is 0 Å². The first kappa shape index (κ1) is 8.69. The molecule has 3 heteroatoms. The summed E-state index contributed by atoms with van der Waals surface area (Å²) in [6.45, 7) is 5.49. The zero-order valence-corrected chi connectivity index (χ0v) is 7.92. The average molecular weight is 187 g/mol. The van der Waals surface area contributed by atoms with Gasteiger partial charge >= 0.3 is 0 Å². The normalized spacial score (nSPS) is 10.4. The van der Waals surface area contributed by atoms with Crippen molar-refractivity contribution in [2.24, 2.45) is 0 Å². The van der Waals surface area contributed by atoms with Gasteiger partial charge in [-0.25, -0.2) is 4.99 Å². The molecule has 1 aromatic carbocycles. The summed E-state index contributed by atoms with van der Waals surface area (Å²) in [4.78, 5) is 16.8. The van der Waals surface area contributed by atoms with Crippen LogP contribution in [0.1, 0.15) is 5.56 Å². The van der Waals surface area contributed by atoms with E-state index in [0.717, 1.165) is 22.2 Å². The van der Waals surface area contributed by atoms with Crippen LogP contribution in [0.3, 0.4) is 0 Å². The maximum absolute atomic E-state index is 11.2. The summed E-state index contributed by atoms with van der Waals surface area (Å²) >= 11 is 0. The molecule has 3 nitrogen and oxygen atoms in total. The second kappa shape index (κ2) is 3.10. The number of rotatable bonds is 1. The number of nitrogens with one attached hydrogen (secondary N) is 2. The lowest BCUT2D eigenvalue weighted by atomic mass is 10.1. The third-order valence-corrected chi connectivity index (χ3v) is 2.25. The maximum Gasteiger partial charge on any atom is 0.248 e. The first-order valence-corrected chi connectivity index (χ1v) is 4.37. The van der Waals surface area contributed by atoms with E-state index in [4.69, 9.17) is 0 Å². The molecule has 0 aliphatic carbocycles. The highest BCUT2D eigenvalue weighted by molar-refractivity contribution is 5.83. The molecule has 0 saturated carbocycles. The molecule has 1 heterocycles. The molecule has 0 unspecified atom stereocenters. The topological polar surface area (TPSA) is 46.8 Å². The van der Waals surface area contributed by atoms with Gasteiger partial charge in [-0.1, -0.05) is 0 Å². The summed E-state index contributed by atoms with van der Waals surface area (Å²) in [6, 6.07) is 7.37. The summed E-state index contributed by atoms with van der Waals surface area (Å²) in [5, 5.41) is 1.06. The largest absolute Gasteiger partial charge is 0.322 e. The molecule has 2 rings (SSSR count). The number of fused-ring (bicyclic) bond motifs is 1. The van der Waals surface area contributed by atoms with E-state index in [2.05, 4.69) is 16.7 Å². The Morgan fingerprint density at radius 1 is 1.36 bits per heavy atom. The molecule has 14 heavy (non-hydrogen) atoms. The van der Waals surface area contributed by atoms with Gasteiger partial charge in [0.05, 0.1) is 5.52 Å². The Morgan fingerprint density at radius 3 is 2.86 bits per heavy atom. The fraction of sp³-hybridized carbons (Fsp3) is 0.0909. The average Bonchev–Trinajstić information content (AvgIpc) is 2.16. The summed E-state index contributed by atoms with van der Waals surface area (Å²) in [6.07, 6.45) is 0. The van der Waals surface area contributed by atoms with Gasteiger partial charge in [-0.2, -0.15) is 0 Å². The number of aromatic nitrogens is 1. The van der Waals surface area contributed by atoms with Crippen molar-refractivity contribution < 1.29 is 4.99 Å². The summed E-state index contributed by atoms with van der Waals surface area (Å²) in [5.74, 6) is 0. The molecule has 0 atom stereocenters. The number of aromatic amines is 1. The van der Waals surface area contributed by atoms with Crippen LogP contribution in [-0.2, 0) is 0 Å². The molecule has 0 spiro atoms. The van der Waals surface area contributed by atoms with E-state index >= 15 is 0 Å². The third-order valence-electron chi connectivity index (χ3n) is 2.25. The van der Waals surface area contributed by atoms with E-state index in [1.165, 1.54) is 0 Å². The van der Waals surface area contributed by atoms with Gasteiger partial charge in [-0.05, 0) is 18.6 Å². The Labute approximate surface area is 81.1 Å². The van der Waals surface area contributed by atoms with E-state index in [9.17, 15) is 4.79 Å². The van der Waals surface area contributed by atoms with Crippen LogP contribution in [0.4, 0.5) is 5.69 Å². The Bertz CT molecular complexity index is 555. The van der Waals surface area contributed by atoms with Crippen molar-refractivity contribution in [2.75, 3.05) is 0 Å². The van der Waals surface area contributed by atoms with Gasteiger partial charge in [0.2, 0.25) is 11.2 Å².